The molecule has 0 aliphatic rings. The molecule has 0 saturated carbocycles. The van der Waals surface area contributed by atoms with Gasteiger partial charge in [0.15, 0.2) is 23.6 Å². The van der Waals surface area contributed by atoms with E-state index in [2.05, 4.69) is 106 Å². The standard InChI is InChI=1S/C29H29N2O.C28H27N2O/c1-18(2)16-21-8-10-22(11-9-21)23-12-15-26(31(5)17-23)27-19(3)6-13-24-25-14-7-20(4)30-29(25)32-28(24)27;1-17(2)20-8-10-21(11-9-20)22-12-15-25(30(5)16-22)26-18(3)6-13-23-24-14-7-19(4)29-28(24)31-27(23)26/h6-15,17-18H,16H2,1-5H3;6-17H,1-5H3/q2*+1/i1D3,18D;1D3,17D. The van der Waals surface area contributed by atoms with Crippen molar-refractivity contribution in [1.82, 2.24) is 9.97 Å². The second-order valence-electron chi connectivity index (χ2n) is 16.8. The van der Waals surface area contributed by atoms with Crippen LogP contribution in [0.15, 0.2) is 143 Å². The maximum atomic E-state index is 8.31. The van der Waals surface area contributed by atoms with Crippen LogP contribution in [0, 0.1) is 33.6 Å². The molecule has 0 N–H and O–H groups in total. The van der Waals surface area contributed by atoms with E-state index in [0.29, 0.717) is 17.0 Å². The highest BCUT2D eigenvalue weighted by molar-refractivity contribution is 6.09. The lowest BCUT2D eigenvalue weighted by molar-refractivity contribution is -0.660. The van der Waals surface area contributed by atoms with Gasteiger partial charge in [0.1, 0.15) is 14.1 Å². The van der Waals surface area contributed by atoms with Crippen LogP contribution >= 0.6 is 0 Å². The molecule has 2 atom stereocenters. The lowest BCUT2D eigenvalue weighted by Gasteiger charge is -2.09. The number of aryl methyl sites for hydroxylation is 6. The molecule has 0 fully saturated rings. The van der Waals surface area contributed by atoms with Gasteiger partial charge < -0.3 is 8.83 Å². The molecule has 0 amide bonds. The predicted molar refractivity (Wildman–Crippen MR) is 259 cm³/mol. The van der Waals surface area contributed by atoms with Crippen LogP contribution in [0.4, 0.5) is 0 Å². The van der Waals surface area contributed by atoms with E-state index < -0.39 is 25.5 Å². The van der Waals surface area contributed by atoms with Crippen LogP contribution < -0.4 is 9.13 Å². The van der Waals surface area contributed by atoms with Crippen molar-refractivity contribution in [3.8, 4) is 44.8 Å². The number of nitrogens with zero attached hydrogens (tertiary/aromatic N) is 4. The summed E-state index contributed by atoms with van der Waals surface area (Å²) < 4.78 is 79.1. The van der Waals surface area contributed by atoms with Crippen molar-refractivity contribution in [2.45, 2.75) is 67.6 Å². The topological polar surface area (TPSA) is 59.8 Å². The Morgan fingerprint density at radius 1 is 0.524 bits per heavy atom. The molecule has 63 heavy (non-hydrogen) atoms. The first-order valence-corrected chi connectivity index (χ1v) is 21.2. The number of rotatable bonds is 7. The van der Waals surface area contributed by atoms with Crippen LogP contribution in [-0.2, 0) is 20.5 Å². The van der Waals surface area contributed by atoms with Gasteiger partial charge in [0.25, 0.3) is 0 Å². The Morgan fingerprint density at radius 3 is 1.41 bits per heavy atom. The summed E-state index contributed by atoms with van der Waals surface area (Å²) in [7, 11) is 4.03. The Labute approximate surface area is 381 Å². The molecule has 314 valence electrons. The SMILES string of the molecule is [2H]C([2H])([2H])C([2H])(C)Cc1ccc(-c2ccc(-c3c(C)ccc4c3oc3nc(C)ccc34)[n+](C)c2)cc1.[2H]C([2H])([2H])C([2H])(C)c1ccc(-c2ccc(-c3c(C)ccc4c3oc3nc(C)ccc34)[n+](C)c2)cc1. The van der Waals surface area contributed by atoms with Crippen molar-refractivity contribution in [3.05, 3.63) is 167 Å². The summed E-state index contributed by atoms with van der Waals surface area (Å²) in [4.78, 5) is 9.15. The highest BCUT2D eigenvalue weighted by Gasteiger charge is 2.23. The van der Waals surface area contributed by atoms with Crippen LogP contribution in [0.3, 0.4) is 0 Å². The molecule has 6 aromatic heterocycles. The van der Waals surface area contributed by atoms with E-state index in [0.717, 1.165) is 106 Å². The first kappa shape index (κ1) is 32.7. The minimum Gasteiger partial charge on any atom is -0.437 e. The second kappa shape index (κ2) is 16.7. The minimum absolute atomic E-state index is 0.172. The van der Waals surface area contributed by atoms with Crippen LogP contribution in [-0.4, -0.2) is 9.97 Å². The molecule has 0 radical (unpaired) electrons. The number of pyridine rings is 4. The van der Waals surface area contributed by atoms with Crippen LogP contribution in [0.5, 0.6) is 0 Å². The second-order valence-corrected chi connectivity index (χ2v) is 16.8. The van der Waals surface area contributed by atoms with Gasteiger partial charge >= 0.3 is 0 Å². The van der Waals surface area contributed by atoms with Gasteiger partial charge in [-0.3, -0.25) is 0 Å². The Balaban J connectivity index is 0.000000176. The third-order valence-electron chi connectivity index (χ3n) is 11.9. The van der Waals surface area contributed by atoms with E-state index in [1.807, 2.05) is 76.5 Å². The average molecular weight is 837 g/mol. The Bertz CT molecular complexity index is 3660. The third kappa shape index (κ3) is 8.02. The quantitative estimate of drug-likeness (QED) is 0.150. The first-order valence-electron chi connectivity index (χ1n) is 25.2. The van der Waals surface area contributed by atoms with Gasteiger partial charge in [-0.25, -0.2) is 19.1 Å². The number of hydrogen-bond donors (Lipinski definition) is 0. The summed E-state index contributed by atoms with van der Waals surface area (Å²) in [6.07, 6.45) is 4.31. The van der Waals surface area contributed by atoms with E-state index in [1.54, 1.807) is 12.1 Å². The summed E-state index contributed by atoms with van der Waals surface area (Å²) in [6.45, 7) is 6.26. The molecule has 0 spiro atoms. The minimum atomic E-state index is -2.40. The zero-order chi connectivity index (χ0) is 50.9. The van der Waals surface area contributed by atoms with Crippen molar-refractivity contribution < 1.29 is 28.9 Å². The smallest absolute Gasteiger partial charge is 0.227 e. The van der Waals surface area contributed by atoms with E-state index in [9.17, 15) is 0 Å². The van der Waals surface area contributed by atoms with Crippen LogP contribution in [0.1, 0.15) is 78.1 Å². The normalized spacial score (nSPS) is 15.8. The third-order valence-corrected chi connectivity index (χ3v) is 11.9. The Hall–Kier alpha value is -6.92. The van der Waals surface area contributed by atoms with Crippen LogP contribution in [0.2, 0.25) is 0 Å². The summed E-state index contributed by atoms with van der Waals surface area (Å²) >= 11 is 0. The van der Waals surface area contributed by atoms with Gasteiger partial charge in [-0.15, -0.1) is 0 Å². The fourth-order valence-corrected chi connectivity index (χ4v) is 8.57. The van der Waals surface area contributed by atoms with Gasteiger partial charge in [-0.1, -0.05) is 100 Å². The molecular weight excluding hydrogens is 773 g/mol. The molecular formula is C57H56N4O2+2. The molecule has 0 aliphatic carbocycles. The van der Waals surface area contributed by atoms with Gasteiger partial charge in [0.05, 0.1) is 11.1 Å². The van der Waals surface area contributed by atoms with Crippen molar-refractivity contribution in [1.29, 1.82) is 0 Å². The number of aromatic nitrogens is 4. The van der Waals surface area contributed by atoms with Crippen molar-refractivity contribution in [3.63, 3.8) is 0 Å². The van der Waals surface area contributed by atoms with Gasteiger partial charge in [0, 0.05) is 67.2 Å². The van der Waals surface area contributed by atoms with Gasteiger partial charge in [-0.2, -0.15) is 0 Å². The molecule has 0 saturated heterocycles. The van der Waals surface area contributed by atoms with Crippen molar-refractivity contribution in [2.24, 2.45) is 20.0 Å². The molecule has 0 bridgehead atoms. The van der Waals surface area contributed by atoms with E-state index in [1.165, 1.54) is 13.8 Å². The number of hydrogen-bond acceptors (Lipinski definition) is 4. The Kier molecular flexibility index (Phi) is 8.70. The summed E-state index contributed by atoms with van der Waals surface area (Å²) in [6, 6.07) is 39.9. The molecule has 10 rings (SSSR count). The van der Waals surface area contributed by atoms with E-state index >= 15 is 0 Å². The maximum Gasteiger partial charge on any atom is 0.227 e. The van der Waals surface area contributed by atoms with Gasteiger partial charge in [-0.05, 0) is 116 Å². The number of fused-ring (bicyclic) bond motifs is 6. The molecule has 6 heterocycles. The lowest BCUT2D eigenvalue weighted by atomic mass is 9.98. The van der Waals surface area contributed by atoms with E-state index in [4.69, 9.17) is 19.8 Å². The summed E-state index contributed by atoms with van der Waals surface area (Å²) in [5.41, 5.74) is 16.5. The highest BCUT2D eigenvalue weighted by Crippen LogP contribution is 2.38. The zero-order valence-electron chi connectivity index (χ0n) is 45.0. The van der Waals surface area contributed by atoms with Crippen molar-refractivity contribution >= 4 is 44.1 Å². The molecule has 0 aliphatic heterocycles. The zero-order valence-corrected chi connectivity index (χ0v) is 37.0. The predicted octanol–water partition coefficient (Wildman–Crippen LogP) is 13.8. The summed E-state index contributed by atoms with van der Waals surface area (Å²) in [5.74, 6) is -3.18. The molecule has 2 unspecified atom stereocenters. The fraction of sp³-hybridized carbons (Fsp3) is 0.228. The van der Waals surface area contributed by atoms with Crippen LogP contribution in [0.25, 0.3) is 88.9 Å². The lowest BCUT2D eigenvalue weighted by Crippen LogP contribution is -2.31. The van der Waals surface area contributed by atoms with E-state index in [-0.39, 0.29) is 6.42 Å². The largest absolute Gasteiger partial charge is 0.437 e. The monoisotopic (exact) mass is 836 g/mol. The number of benzene rings is 4. The Morgan fingerprint density at radius 2 is 0.968 bits per heavy atom. The average Bonchev–Trinajstić information content (AvgIpc) is 3.86. The highest BCUT2D eigenvalue weighted by atomic mass is 16.3. The first-order chi connectivity index (χ1) is 33.4. The molecule has 10 aromatic rings. The van der Waals surface area contributed by atoms with Crippen molar-refractivity contribution in [2.75, 3.05) is 0 Å². The molecule has 4 aromatic carbocycles. The molecule has 6 nitrogen and oxygen atoms in total. The number of furan rings is 2. The molecule has 6 heteroatoms. The summed E-state index contributed by atoms with van der Waals surface area (Å²) in [5, 5.41) is 4.11. The maximum absolute atomic E-state index is 8.31. The fourth-order valence-electron chi connectivity index (χ4n) is 8.57. The van der Waals surface area contributed by atoms with Gasteiger partial charge in [0.2, 0.25) is 22.8 Å².